The van der Waals surface area contributed by atoms with Gasteiger partial charge < -0.3 is 9.64 Å². The van der Waals surface area contributed by atoms with E-state index in [-0.39, 0.29) is 18.0 Å². The Morgan fingerprint density at radius 1 is 1.47 bits per heavy atom. The van der Waals surface area contributed by atoms with Gasteiger partial charge in [-0.1, -0.05) is 0 Å². The molecule has 1 aliphatic rings. The standard InChI is InChI=1S/C11H12FNO2/c1-8-13(6-7-15-8)11(14)9-2-4-10(12)5-3-9/h2-5,8H,6-7H2,1H3. The van der Waals surface area contributed by atoms with Crippen LogP contribution in [0.25, 0.3) is 0 Å². The van der Waals surface area contributed by atoms with Crippen LogP contribution in [0.5, 0.6) is 0 Å². The molecule has 1 aliphatic heterocycles. The van der Waals surface area contributed by atoms with Gasteiger partial charge in [-0.3, -0.25) is 4.79 Å². The quantitative estimate of drug-likeness (QED) is 0.703. The van der Waals surface area contributed by atoms with Gasteiger partial charge in [0, 0.05) is 12.1 Å². The Morgan fingerprint density at radius 3 is 2.67 bits per heavy atom. The minimum Gasteiger partial charge on any atom is -0.357 e. The summed E-state index contributed by atoms with van der Waals surface area (Å²) in [6.45, 7) is 2.99. The normalized spacial score (nSPS) is 20.7. The van der Waals surface area contributed by atoms with Crippen LogP contribution in [-0.2, 0) is 4.74 Å². The predicted molar refractivity (Wildman–Crippen MR) is 52.9 cm³/mol. The van der Waals surface area contributed by atoms with Crippen LogP contribution in [0.3, 0.4) is 0 Å². The summed E-state index contributed by atoms with van der Waals surface area (Å²) < 4.78 is 17.9. The molecule has 1 heterocycles. The zero-order valence-electron chi connectivity index (χ0n) is 8.44. The summed E-state index contributed by atoms with van der Waals surface area (Å²) in [7, 11) is 0. The molecule has 0 N–H and O–H groups in total. The fourth-order valence-corrected chi connectivity index (χ4v) is 1.62. The van der Waals surface area contributed by atoms with Crippen molar-refractivity contribution < 1.29 is 13.9 Å². The number of amides is 1. The fourth-order valence-electron chi connectivity index (χ4n) is 1.62. The molecule has 3 nitrogen and oxygen atoms in total. The van der Waals surface area contributed by atoms with Crippen LogP contribution >= 0.6 is 0 Å². The molecule has 15 heavy (non-hydrogen) atoms. The van der Waals surface area contributed by atoms with Gasteiger partial charge in [0.05, 0.1) is 6.61 Å². The van der Waals surface area contributed by atoms with Gasteiger partial charge in [-0.2, -0.15) is 0 Å². The zero-order chi connectivity index (χ0) is 10.8. The van der Waals surface area contributed by atoms with Crippen LogP contribution in [0.4, 0.5) is 4.39 Å². The SMILES string of the molecule is CC1OCCN1C(=O)c1ccc(F)cc1. The van der Waals surface area contributed by atoms with Crippen molar-refractivity contribution in [3.63, 3.8) is 0 Å². The Labute approximate surface area is 87.5 Å². The molecule has 1 amide bonds. The maximum atomic E-state index is 12.7. The zero-order valence-corrected chi connectivity index (χ0v) is 8.44. The van der Waals surface area contributed by atoms with E-state index in [1.165, 1.54) is 24.3 Å². The smallest absolute Gasteiger partial charge is 0.255 e. The molecule has 80 valence electrons. The number of halogens is 1. The van der Waals surface area contributed by atoms with Crippen LogP contribution in [0.15, 0.2) is 24.3 Å². The summed E-state index contributed by atoms with van der Waals surface area (Å²) in [5.74, 6) is -0.447. The largest absolute Gasteiger partial charge is 0.357 e. The highest BCUT2D eigenvalue weighted by Gasteiger charge is 2.26. The van der Waals surface area contributed by atoms with Crippen molar-refractivity contribution in [2.45, 2.75) is 13.2 Å². The third-order valence-corrected chi connectivity index (χ3v) is 2.48. The lowest BCUT2D eigenvalue weighted by atomic mass is 10.2. The average Bonchev–Trinajstić information content (AvgIpc) is 2.65. The Kier molecular flexibility index (Phi) is 2.68. The average molecular weight is 209 g/mol. The molecule has 1 aromatic carbocycles. The van der Waals surface area contributed by atoms with E-state index >= 15 is 0 Å². The number of carbonyl (C=O) groups is 1. The molecule has 1 unspecified atom stereocenters. The lowest BCUT2D eigenvalue weighted by Gasteiger charge is -2.19. The van der Waals surface area contributed by atoms with Crippen molar-refractivity contribution in [2.24, 2.45) is 0 Å². The van der Waals surface area contributed by atoms with E-state index in [2.05, 4.69) is 0 Å². The third-order valence-electron chi connectivity index (χ3n) is 2.48. The van der Waals surface area contributed by atoms with E-state index in [9.17, 15) is 9.18 Å². The first-order valence-electron chi connectivity index (χ1n) is 4.86. The van der Waals surface area contributed by atoms with Crippen molar-refractivity contribution >= 4 is 5.91 Å². The van der Waals surface area contributed by atoms with Crippen molar-refractivity contribution in [1.82, 2.24) is 4.90 Å². The van der Waals surface area contributed by atoms with Gasteiger partial charge in [0.25, 0.3) is 5.91 Å². The van der Waals surface area contributed by atoms with Gasteiger partial charge in [-0.15, -0.1) is 0 Å². The number of benzene rings is 1. The first-order chi connectivity index (χ1) is 7.18. The van der Waals surface area contributed by atoms with Crippen molar-refractivity contribution in [1.29, 1.82) is 0 Å². The lowest BCUT2D eigenvalue weighted by Crippen LogP contribution is -2.34. The lowest BCUT2D eigenvalue weighted by molar-refractivity contribution is 0.0378. The summed E-state index contributed by atoms with van der Waals surface area (Å²) >= 11 is 0. The van der Waals surface area contributed by atoms with Crippen LogP contribution in [0.1, 0.15) is 17.3 Å². The van der Waals surface area contributed by atoms with Gasteiger partial charge in [0.2, 0.25) is 0 Å². The van der Waals surface area contributed by atoms with E-state index in [1.54, 1.807) is 4.90 Å². The topological polar surface area (TPSA) is 29.5 Å². The van der Waals surface area contributed by atoms with Gasteiger partial charge >= 0.3 is 0 Å². The molecule has 0 aliphatic carbocycles. The van der Waals surface area contributed by atoms with Crippen LogP contribution in [0.2, 0.25) is 0 Å². The highest BCUT2D eigenvalue weighted by Crippen LogP contribution is 2.14. The molecule has 1 atom stereocenters. The molecule has 0 saturated carbocycles. The molecule has 0 aromatic heterocycles. The van der Waals surface area contributed by atoms with Crippen LogP contribution in [0, 0.1) is 5.82 Å². The minimum absolute atomic E-state index is 0.111. The predicted octanol–water partition coefficient (Wildman–Crippen LogP) is 1.64. The molecular weight excluding hydrogens is 197 g/mol. The Balaban J connectivity index is 2.17. The molecule has 1 fully saturated rings. The Morgan fingerprint density at radius 2 is 2.13 bits per heavy atom. The summed E-state index contributed by atoms with van der Waals surface area (Å²) in [4.78, 5) is 13.5. The molecule has 2 rings (SSSR count). The molecule has 4 heteroatoms. The summed E-state index contributed by atoms with van der Waals surface area (Å²) in [6, 6.07) is 5.55. The molecule has 0 spiro atoms. The Hall–Kier alpha value is -1.42. The number of ether oxygens (including phenoxy) is 1. The third kappa shape index (κ3) is 1.99. The van der Waals surface area contributed by atoms with Gasteiger partial charge in [0.15, 0.2) is 0 Å². The molecule has 1 aromatic rings. The van der Waals surface area contributed by atoms with Gasteiger partial charge in [-0.05, 0) is 31.2 Å². The fraction of sp³-hybridized carbons (Fsp3) is 0.364. The second-order valence-electron chi connectivity index (χ2n) is 3.48. The number of hydrogen-bond acceptors (Lipinski definition) is 2. The summed E-state index contributed by atoms with van der Waals surface area (Å²) in [6.07, 6.45) is -0.192. The number of hydrogen-bond donors (Lipinski definition) is 0. The number of nitrogens with zero attached hydrogens (tertiary/aromatic N) is 1. The van der Waals surface area contributed by atoms with E-state index in [0.717, 1.165) is 0 Å². The van der Waals surface area contributed by atoms with E-state index in [0.29, 0.717) is 18.7 Å². The second kappa shape index (κ2) is 3.98. The highest BCUT2D eigenvalue weighted by molar-refractivity contribution is 5.94. The second-order valence-corrected chi connectivity index (χ2v) is 3.48. The van der Waals surface area contributed by atoms with Crippen molar-refractivity contribution in [3.05, 3.63) is 35.6 Å². The first kappa shape index (κ1) is 10.1. The first-order valence-corrected chi connectivity index (χ1v) is 4.86. The maximum Gasteiger partial charge on any atom is 0.255 e. The minimum atomic E-state index is -0.336. The Bertz CT molecular complexity index is 363. The summed E-state index contributed by atoms with van der Waals surface area (Å²) in [5, 5.41) is 0. The van der Waals surface area contributed by atoms with Crippen LogP contribution in [-0.4, -0.2) is 30.2 Å². The van der Waals surface area contributed by atoms with E-state index in [4.69, 9.17) is 4.74 Å². The van der Waals surface area contributed by atoms with E-state index in [1.807, 2.05) is 6.92 Å². The van der Waals surface area contributed by atoms with Gasteiger partial charge in [-0.25, -0.2) is 4.39 Å². The van der Waals surface area contributed by atoms with E-state index < -0.39 is 0 Å². The maximum absolute atomic E-state index is 12.7. The van der Waals surface area contributed by atoms with Crippen molar-refractivity contribution in [2.75, 3.05) is 13.2 Å². The summed E-state index contributed by atoms with van der Waals surface area (Å²) in [5.41, 5.74) is 0.494. The number of rotatable bonds is 1. The molecule has 0 bridgehead atoms. The number of carbonyl (C=O) groups excluding carboxylic acids is 1. The van der Waals surface area contributed by atoms with Crippen molar-refractivity contribution in [3.8, 4) is 0 Å². The van der Waals surface area contributed by atoms with Crippen LogP contribution < -0.4 is 0 Å². The molecule has 0 radical (unpaired) electrons. The highest BCUT2D eigenvalue weighted by atomic mass is 19.1. The van der Waals surface area contributed by atoms with Gasteiger partial charge in [0.1, 0.15) is 12.0 Å². The molecule has 1 saturated heterocycles. The molecular formula is C11H12FNO2. The monoisotopic (exact) mass is 209 g/mol.